The van der Waals surface area contributed by atoms with E-state index in [0.29, 0.717) is 0 Å². The molecule has 0 heterocycles. The monoisotopic (exact) mass is 426 g/mol. The predicted molar refractivity (Wildman–Crippen MR) is 22.9 cm³/mol. The largest absolute Gasteiger partial charge is 0.197 e. The molecule has 0 saturated heterocycles. The van der Waals surface area contributed by atoms with Gasteiger partial charge in [-0.25, -0.2) is 0 Å². The minimum atomic E-state index is 0. The van der Waals surface area contributed by atoms with E-state index < -0.39 is 0 Å². The molecule has 32 valence electrons. The number of hydrogen-bond donors (Lipinski definition) is 0. The van der Waals surface area contributed by atoms with Crippen LogP contribution < -0.4 is 0 Å². The van der Waals surface area contributed by atoms with Gasteiger partial charge in [-0.1, -0.05) is 7.43 Å². The number of hydrogen-bond acceptors (Lipinski definition) is 0. The van der Waals surface area contributed by atoms with E-state index in [1.807, 2.05) is 0 Å². The van der Waals surface area contributed by atoms with Gasteiger partial charge in [-0.05, 0) is 0 Å². The standard InChI is InChI=1S/CH4.Au.In.H2S.Zn/h1H4;;;1H2;. The Kier molecular flexibility index (Phi) is 303. The van der Waals surface area contributed by atoms with E-state index in [9.17, 15) is 0 Å². The summed E-state index contributed by atoms with van der Waals surface area (Å²) in [6.45, 7) is 0. The van der Waals surface area contributed by atoms with Crippen molar-refractivity contribution in [3.8, 4) is 0 Å². The molecule has 0 nitrogen and oxygen atoms in total. The van der Waals surface area contributed by atoms with Crippen LogP contribution in [0.15, 0.2) is 0 Å². The van der Waals surface area contributed by atoms with Gasteiger partial charge in [-0.3, -0.25) is 0 Å². The molecule has 0 aromatic heterocycles. The summed E-state index contributed by atoms with van der Waals surface area (Å²) in [5.74, 6) is 0. The summed E-state index contributed by atoms with van der Waals surface area (Å²) in [5, 5.41) is 0. The summed E-state index contributed by atoms with van der Waals surface area (Å²) in [7, 11) is 0. The molecule has 5 heavy (non-hydrogen) atoms. The van der Waals surface area contributed by atoms with Gasteiger partial charge in [0.2, 0.25) is 0 Å². The maximum Gasteiger partial charge on any atom is 0 e. The van der Waals surface area contributed by atoms with Crippen LogP contribution >= 0.6 is 13.5 Å². The summed E-state index contributed by atoms with van der Waals surface area (Å²) in [5.41, 5.74) is 0. The summed E-state index contributed by atoms with van der Waals surface area (Å²) < 4.78 is 0. The van der Waals surface area contributed by atoms with E-state index in [-0.39, 0.29) is 88.6 Å². The van der Waals surface area contributed by atoms with Crippen LogP contribution in [-0.4, -0.2) is 25.8 Å². The third-order valence-electron chi connectivity index (χ3n) is 0. The molecule has 0 bridgehead atoms. The van der Waals surface area contributed by atoms with E-state index in [2.05, 4.69) is 0 Å². The van der Waals surface area contributed by atoms with Gasteiger partial charge in [-0.15, -0.1) is 0 Å². The molecular formula is CH6AuInSZn. The minimum absolute atomic E-state index is 0. The van der Waals surface area contributed by atoms with Gasteiger partial charge in [0.1, 0.15) is 0 Å². The van der Waals surface area contributed by atoms with Crippen molar-refractivity contribution in [3.05, 3.63) is 0 Å². The summed E-state index contributed by atoms with van der Waals surface area (Å²) >= 11 is 0. The summed E-state index contributed by atoms with van der Waals surface area (Å²) in [6.07, 6.45) is 0. The average Bonchev–Trinajstić information content (AvgIpc) is 0. The van der Waals surface area contributed by atoms with Gasteiger partial charge in [0, 0.05) is 67.7 Å². The smallest absolute Gasteiger partial charge is 0 e. The molecule has 4 heteroatoms. The molecule has 0 aliphatic rings. The van der Waals surface area contributed by atoms with Gasteiger partial charge in [0.25, 0.3) is 0 Å². The van der Waals surface area contributed by atoms with E-state index >= 15 is 0 Å². The van der Waals surface area contributed by atoms with E-state index in [1.54, 1.807) is 0 Å². The van der Waals surface area contributed by atoms with Crippen molar-refractivity contribution >= 4 is 39.3 Å². The summed E-state index contributed by atoms with van der Waals surface area (Å²) in [6, 6.07) is 0. The Labute approximate surface area is 87.4 Å². The Morgan fingerprint density at radius 1 is 1.00 bits per heavy atom. The molecule has 0 amide bonds. The maximum atomic E-state index is 0. The molecule has 0 aliphatic heterocycles. The predicted octanol–water partition coefficient (Wildman–Crippen LogP) is 0.363. The van der Waals surface area contributed by atoms with Crippen LogP contribution in [0.1, 0.15) is 7.43 Å². The molecule has 0 saturated carbocycles. The van der Waals surface area contributed by atoms with Crippen molar-refractivity contribution in [2.24, 2.45) is 0 Å². The Morgan fingerprint density at radius 2 is 1.00 bits per heavy atom. The first-order valence-electron chi connectivity index (χ1n) is 0. The first-order chi connectivity index (χ1) is 0. The van der Waals surface area contributed by atoms with E-state index in [1.165, 1.54) is 0 Å². The zero-order valence-corrected chi connectivity index (χ0v) is 11.5. The molecule has 0 spiro atoms. The SMILES string of the molecule is C.S.[Au].[In].[Zn]. The first kappa shape index (κ1) is 49.2. The van der Waals surface area contributed by atoms with E-state index in [0.717, 1.165) is 0 Å². The van der Waals surface area contributed by atoms with Crippen LogP contribution in [0.3, 0.4) is 0 Å². The first-order valence-corrected chi connectivity index (χ1v) is 0. The van der Waals surface area contributed by atoms with Crippen molar-refractivity contribution in [3.63, 3.8) is 0 Å². The molecule has 0 fully saturated rings. The quantitative estimate of drug-likeness (QED) is 0.490. The second-order valence-electron chi connectivity index (χ2n) is 0. The van der Waals surface area contributed by atoms with Crippen molar-refractivity contribution in [2.75, 3.05) is 0 Å². The van der Waals surface area contributed by atoms with Gasteiger partial charge < -0.3 is 0 Å². The van der Waals surface area contributed by atoms with Crippen LogP contribution in [0.2, 0.25) is 0 Å². The Balaban J connectivity index is 0. The molecule has 0 atom stereocenters. The van der Waals surface area contributed by atoms with Gasteiger partial charge in [0.15, 0.2) is 0 Å². The van der Waals surface area contributed by atoms with Crippen molar-refractivity contribution in [1.82, 2.24) is 0 Å². The zero-order chi connectivity index (χ0) is 0. The normalized spacial score (nSPS) is 0. The topological polar surface area (TPSA) is 0 Å². The van der Waals surface area contributed by atoms with Crippen LogP contribution in [-0.2, 0) is 41.9 Å². The fourth-order valence-electron chi connectivity index (χ4n) is 0. The molecule has 0 unspecified atom stereocenters. The zero-order valence-electron chi connectivity index (χ0n) is 2.09. The minimum Gasteiger partial charge on any atom is -0.197 e. The molecule has 0 aromatic rings. The van der Waals surface area contributed by atoms with E-state index in [4.69, 9.17) is 0 Å². The van der Waals surface area contributed by atoms with Crippen molar-refractivity contribution in [1.29, 1.82) is 0 Å². The Hall–Kier alpha value is 2.58. The van der Waals surface area contributed by atoms with Crippen LogP contribution in [0.4, 0.5) is 0 Å². The second-order valence-corrected chi connectivity index (χ2v) is 0. The molecule has 0 aliphatic carbocycles. The Bertz CT molecular complexity index is 11.6. The van der Waals surface area contributed by atoms with Crippen LogP contribution in [0, 0.1) is 0 Å². The molecule has 0 rings (SSSR count). The fraction of sp³-hybridized carbons (Fsp3) is 1.00. The maximum absolute atomic E-state index is 0. The third kappa shape index (κ3) is 20.7. The average molecular weight is 427 g/mol. The van der Waals surface area contributed by atoms with Crippen molar-refractivity contribution in [2.45, 2.75) is 7.43 Å². The van der Waals surface area contributed by atoms with Crippen molar-refractivity contribution < 1.29 is 41.9 Å². The third-order valence-corrected chi connectivity index (χ3v) is 0. The van der Waals surface area contributed by atoms with Gasteiger partial charge in [0.05, 0.1) is 0 Å². The summed E-state index contributed by atoms with van der Waals surface area (Å²) in [4.78, 5) is 0. The molecular weight excluding hydrogens is 421 g/mol. The molecule has 0 N–H and O–H groups in total. The Morgan fingerprint density at radius 3 is 1.00 bits per heavy atom. The second kappa shape index (κ2) is 30.7. The van der Waals surface area contributed by atoms with Crippen LogP contribution in [0.5, 0.6) is 0 Å². The molecule has 4 radical (unpaired) electrons. The van der Waals surface area contributed by atoms with Gasteiger partial charge in [-0.2, -0.15) is 13.5 Å². The number of rotatable bonds is 0. The van der Waals surface area contributed by atoms with Crippen LogP contribution in [0.25, 0.3) is 0 Å². The molecule has 0 aromatic carbocycles. The fourth-order valence-corrected chi connectivity index (χ4v) is 0. The van der Waals surface area contributed by atoms with Gasteiger partial charge >= 0.3 is 0 Å².